The number of ketones is 1. The maximum absolute atomic E-state index is 12.6. The van der Waals surface area contributed by atoms with E-state index in [1.165, 1.54) is 4.90 Å². The van der Waals surface area contributed by atoms with Gasteiger partial charge in [-0.15, -0.1) is 11.8 Å². The van der Waals surface area contributed by atoms with E-state index in [1.54, 1.807) is 17.8 Å². The molecule has 122 valence electrons. The fourth-order valence-electron chi connectivity index (χ4n) is 3.92. The lowest BCUT2D eigenvalue weighted by Gasteiger charge is -2.48. The molecule has 0 spiro atoms. The molecule has 2 aliphatic rings. The van der Waals surface area contributed by atoms with Crippen molar-refractivity contribution in [2.75, 3.05) is 6.26 Å². The Balaban J connectivity index is 2.00. The molecule has 3 rings (SSSR count). The van der Waals surface area contributed by atoms with E-state index in [2.05, 4.69) is 44.4 Å². The molecule has 0 aliphatic heterocycles. The van der Waals surface area contributed by atoms with Crippen molar-refractivity contribution in [1.82, 2.24) is 0 Å². The number of rotatable bonds is 2. The van der Waals surface area contributed by atoms with Gasteiger partial charge in [0, 0.05) is 15.9 Å². The van der Waals surface area contributed by atoms with Crippen molar-refractivity contribution in [3.63, 3.8) is 0 Å². The number of hydrogen-bond acceptors (Lipinski definition) is 3. The summed E-state index contributed by atoms with van der Waals surface area (Å²) in [5.41, 5.74) is 2.68. The minimum Gasteiger partial charge on any atom is -0.392 e. The van der Waals surface area contributed by atoms with E-state index in [1.807, 2.05) is 6.08 Å². The Hall–Kier alpha value is -1.32. The predicted octanol–water partition coefficient (Wildman–Crippen LogP) is 4.49. The Kier molecular flexibility index (Phi) is 4.52. The molecule has 0 unspecified atom stereocenters. The van der Waals surface area contributed by atoms with Gasteiger partial charge in [-0.1, -0.05) is 31.6 Å². The third-order valence-corrected chi connectivity index (χ3v) is 6.45. The SMILES string of the molecule is CSc1ccc(/C=C2/C(=O)C=C3CCC[C@H](O)[C@@]3(C)[C@H]2C)cc1. The first-order valence-corrected chi connectivity index (χ1v) is 9.48. The zero-order valence-corrected chi connectivity index (χ0v) is 14.8. The Morgan fingerprint density at radius 2 is 2.00 bits per heavy atom. The summed E-state index contributed by atoms with van der Waals surface area (Å²) >= 11 is 1.71. The first-order valence-electron chi connectivity index (χ1n) is 8.26. The maximum Gasteiger partial charge on any atom is 0.182 e. The van der Waals surface area contributed by atoms with Crippen molar-refractivity contribution >= 4 is 23.6 Å². The minimum atomic E-state index is -0.368. The highest BCUT2D eigenvalue weighted by molar-refractivity contribution is 7.98. The summed E-state index contributed by atoms with van der Waals surface area (Å²) in [6.07, 6.45) is 8.19. The molecule has 2 nitrogen and oxygen atoms in total. The summed E-state index contributed by atoms with van der Waals surface area (Å²) in [4.78, 5) is 13.8. The summed E-state index contributed by atoms with van der Waals surface area (Å²) < 4.78 is 0. The fourth-order valence-corrected chi connectivity index (χ4v) is 4.33. The van der Waals surface area contributed by atoms with Gasteiger partial charge < -0.3 is 5.11 Å². The second-order valence-electron chi connectivity index (χ2n) is 6.82. The molecule has 3 heteroatoms. The van der Waals surface area contributed by atoms with Gasteiger partial charge in [0.2, 0.25) is 0 Å². The molecule has 0 bridgehead atoms. The average molecular weight is 328 g/mol. The van der Waals surface area contributed by atoms with Crippen molar-refractivity contribution in [3.05, 3.63) is 47.1 Å². The van der Waals surface area contributed by atoms with Gasteiger partial charge in [0.05, 0.1) is 6.10 Å². The van der Waals surface area contributed by atoms with Gasteiger partial charge in [-0.05, 0) is 61.3 Å². The van der Waals surface area contributed by atoms with E-state index in [0.717, 1.165) is 36.0 Å². The van der Waals surface area contributed by atoms with Crippen molar-refractivity contribution in [3.8, 4) is 0 Å². The summed E-state index contributed by atoms with van der Waals surface area (Å²) in [7, 11) is 0. The zero-order valence-electron chi connectivity index (χ0n) is 14.0. The maximum atomic E-state index is 12.6. The van der Waals surface area contributed by atoms with E-state index >= 15 is 0 Å². The number of carbonyl (C=O) groups excluding carboxylic acids is 1. The molecule has 1 aromatic carbocycles. The number of allylic oxidation sites excluding steroid dienone is 2. The third kappa shape index (κ3) is 2.81. The highest BCUT2D eigenvalue weighted by Crippen LogP contribution is 2.51. The van der Waals surface area contributed by atoms with E-state index in [4.69, 9.17) is 0 Å². The summed E-state index contributed by atoms with van der Waals surface area (Å²) in [6.45, 7) is 4.20. The van der Waals surface area contributed by atoms with E-state index in [-0.39, 0.29) is 23.2 Å². The number of benzene rings is 1. The minimum absolute atomic E-state index is 0.0329. The van der Waals surface area contributed by atoms with Crippen LogP contribution in [-0.4, -0.2) is 23.2 Å². The quantitative estimate of drug-likeness (QED) is 0.642. The van der Waals surface area contributed by atoms with Crippen LogP contribution in [0.4, 0.5) is 0 Å². The van der Waals surface area contributed by atoms with Gasteiger partial charge in [-0.2, -0.15) is 0 Å². The van der Waals surface area contributed by atoms with Crippen LogP contribution in [0, 0.1) is 11.3 Å². The lowest BCUT2D eigenvalue weighted by molar-refractivity contribution is -0.113. The lowest BCUT2D eigenvalue weighted by Crippen LogP contribution is -2.46. The van der Waals surface area contributed by atoms with Gasteiger partial charge in [0.25, 0.3) is 0 Å². The average Bonchev–Trinajstić information content (AvgIpc) is 2.55. The molecular formula is C20H24O2S. The molecular weight excluding hydrogens is 304 g/mol. The second-order valence-corrected chi connectivity index (χ2v) is 7.70. The Labute approximate surface area is 142 Å². The van der Waals surface area contributed by atoms with Crippen molar-refractivity contribution in [2.45, 2.75) is 44.1 Å². The van der Waals surface area contributed by atoms with Crippen LogP contribution in [0.1, 0.15) is 38.7 Å². The third-order valence-electron chi connectivity index (χ3n) is 5.70. The van der Waals surface area contributed by atoms with Crippen molar-refractivity contribution in [2.24, 2.45) is 11.3 Å². The van der Waals surface area contributed by atoms with E-state index < -0.39 is 0 Å². The first kappa shape index (κ1) is 16.5. The van der Waals surface area contributed by atoms with Crippen LogP contribution in [0.25, 0.3) is 6.08 Å². The summed E-state index contributed by atoms with van der Waals surface area (Å²) in [6, 6.07) is 8.26. The van der Waals surface area contributed by atoms with Crippen LogP contribution in [0.15, 0.2) is 46.4 Å². The molecule has 0 radical (unpaired) electrons. The Bertz CT molecular complexity index is 671. The Morgan fingerprint density at radius 3 is 2.65 bits per heavy atom. The number of hydrogen-bond donors (Lipinski definition) is 1. The number of carbonyl (C=O) groups is 1. The van der Waals surface area contributed by atoms with Crippen LogP contribution in [-0.2, 0) is 4.79 Å². The molecule has 0 aromatic heterocycles. The highest BCUT2D eigenvalue weighted by Gasteiger charge is 2.48. The van der Waals surface area contributed by atoms with Crippen molar-refractivity contribution in [1.29, 1.82) is 0 Å². The van der Waals surface area contributed by atoms with Gasteiger partial charge in [0.15, 0.2) is 5.78 Å². The highest BCUT2D eigenvalue weighted by atomic mass is 32.2. The lowest BCUT2D eigenvalue weighted by atomic mass is 9.57. The fraction of sp³-hybridized carbons (Fsp3) is 0.450. The summed E-state index contributed by atoms with van der Waals surface area (Å²) in [5, 5.41) is 10.6. The predicted molar refractivity (Wildman–Crippen MR) is 96.4 cm³/mol. The van der Waals surface area contributed by atoms with Gasteiger partial charge in [-0.3, -0.25) is 4.79 Å². The first-order chi connectivity index (χ1) is 11.0. The van der Waals surface area contributed by atoms with Crippen molar-refractivity contribution < 1.29 is 9.90 Å². The number of fused-ring (bicyclic) bond motifs is 1. The van der Waals surface area contributed by atoms with Crippen LogP contribution < -0.4 is 0 Å². The normalized spacial score (nSPS) is 32.6. The molecule has 1 N–H and O–H groups in total. The van der Waals surface area contributed by atoms with Crippen LogP contribution in [0.3, 0.4) is 0 Å². The van der Waals surface area contributed by atoms with E-state index in [9.17, 15) is 9.90 Å². The number of aliphatic hydroxyl groups excluding tert-OH is 1. The molecule has 0 amide bonds. The Morgan fingerprint density at radius 1 is 1.30 bits per heavy atom. The van der Waals surface area contributed by atoms with Gasteiger partial charge in [0.1, 0.15) is 0 Å². The van der Waals surface area contributed by atoms with Crippen LogP contribution in [0.5, 0.6) is 0 Å². The number of aliphatic hydroxyl groups is 1. The molecule has 0 heterocycles. The second kappa shape index (κ2) is 6.29. The van der Waals surface area contributed by atoms with E-state index in [0.29, 0.717) is 0 Å². The largest absolute Gasteiger partial charge is 0.392 e. The van der Waals surface area contributed by atoms with Gasteiger partial charge >= 0.3 is 0 Å². The van der Waals surface area contributed by atoms with Crippen LogP contribution >= 0.6 is 11.8 Å². The molecule has 3 atom stereocenters. The number of thioether (sulfide) groups is 1. The molecule has 0 saturated heterocycles. The monoisotopic (exact) mass is 328 g/mol. The molecule has 23 heavy (non-hydrogen) atoms. The molecule has 2 aliphatic carbocycles. The smallest absolute Gasteiger partial charge is 0.182 e. The standard InChI is InChI=1S/C20H24O2S/c1-13-17(11-14-7-9-16(23-3)10-8-14)18(21)12-15-5-4-6-19(22)20(13,15)2/h7-13,19,22H,4-6H2,1-3H3/b17-11+/t13-,19-,20-/m0/s1. The molecule has 1 fully saturated rings. The molecule has 1 aromatic rings. The topological polar surface area (TPSA) is 37.3 Å². The molecule has 1 saturated carbocycles. The van der Waals surface area contributed by atoms with Crippen LogP contribution in [0.2, 0.25) is 0 Å². The van der Waals surface area contributed by atoms with Gasteiger partial charge in [-0.25, -0.2) is 0 Å². The summed E-state index contributed by atoms with van der Waals surface area (Å²) in [5.74, 6) is 0.138. The zero-order chi connectivity index (χ0) is 16.6.